The third-order valence-corrected chi connectivity index (χ3v) is 9.74. The Balaban J connectivity index is 1.95. The fourth-order valence-electron chi connectivity index (χ4n) is 2.82. The number of nitrogens with zero attached hydrogens (tertiary/aromatic N) is 1. The van der Waals surface area contributed by atoms with Crippen molar-refractivity contribution < 1.29 is 21.3 Å². The van der Waals surface area contributed by atoms with Crippen LogP contribution in [0.5, 0.6) is 0 Å². The lowest BCUT2D eigenvalue weighted by Crippen LogP contribution is -2.31. The molecule has 0 spiro atoms. The number of benzene rings is 2. The number of rotatable bonds is 11. The fraction of sp³-hybridized carbons (Fsp3) is 0.190. The molecule has 0 unspecified atom stereocenters. The van der Waals surface area contributed by atoms with Gasteiger partial charge >= 0.3 is 0 Å². The van der Waals surface area contributed by atoms with Gasteiger partial charge in [0, 0.05) is 19.3 Å². The highest BCUT2D eigenvalue weighted by Gasteiger charge is 2.37. The number of hydrogen-bond acceptors (Lipinski definition) is 9. The van der Waals surface area contributed by atoms with E-state index in [1.807, 2.05) is 0 Å². The van der Waals surface area contributed by atoms with Crippen LogP contribution in [0.3, 0.4) is 0 Å². The van der Waals surface area contributed by atoms with Gasteiger partial charge in [-0.3, -0.25) is 0 Å². The van der Waals surface area contributed by atoms with Crippen LogP contribution in [-0.2, 0) is 19.7 Å². The topological polar surface area (TPSA) is 118 Å². The van der Waals surface area contributed by atoms with Crippen LogP contribution in [0.25, 0.3) is 0 Å². The monoisotopic (exact) mass is 493 g/mol. The van der Waals surface area contributed by atoms with Gasteiger partial charge in [-0.05, 0) is 30.7 Å². The summed E-state index contributed by atoms with van der Waals surface area (Å²) < 4.78 is 58.3. The van der Waals surface area contributed by atoms with Gasteiger partial charge in [0.1, 0.15) is 12.1 Å². The van der Waals surface area contributed by atoms with Crippen LogP contribution in [0.15, 0.2) is 103 Å². The van der Waals surface area contributed by atoms with Crippen LogP contribution < -0.4 is 10.6 Å². The maximum absolute atomic E-state index is 13.5. The summed E-state index contributed by atoms with van der Waals surface area (Å²) in [5, 5.41) is 6.21. The summed E-state index contributed by atoms with van der Waals surface area (Å²) in [5.74, 6) is 0.565. The molecule has 0 aliphatic rings. The molecule has 32 heavy (non-hydrogen) atoms. The van der Waals surface area contributed by atoms with Crippen LogP contribution in [0.1, 0.15) is 6.42 Å². The Labute approximate surface area is 192 Å². The molecule has 0 atom stereocenters. The van der Waals surface area contributed by atoms with Gasteiger partial charge in [-0.15, -0.1) is 0 Å². The summed E-state index contributed by atoms with van der Waals surface area (Å²) in [6, 6.07) is 15.0. The third kappa shape index (κ3) is 5.53. The molecule has 3 aromatic rings. The second-order valence-corrected chi connectivity index (χ2v) is 11.5. The van der Waals surface area contributed by atoms with Gasteiger partial charge in [-0.1, -0.05) is 48.2 Å². The molecule has 1 heterocycles. The van der Waals surface area contributed by atoms with Crippen LogP contribution in [-0.4, -0.2) is 41.2 Å². The van der Waals surface area contributed by atoms with Gasteiger partial charge in [0.05, 0.1) is 16.0 Å². The van der Waals surface area contributed by atoms with Crippen LogP contribution in [0.2, 0.25) is 0 Å². The highest BCUT2D eigenvalue weighted by Crippen LogP contribution is 2.30. The highest BCUT2D eigenvalue weighted by molar-refractivity contribution is 8.14. The third-order valence-electron chi connectivity index (χ3n) is 4.31. The molecule has 0 aliphatic heterocycles. The molecule has 8 nitrogen and oxygen atoms in total. The fourth-order valence-corrected chi connectivity index (χ4v) is 7.62. The number of sulfone groups is 2. The Morgan fingerprint density at radius 3 is 1.97 bits per heavy atom. The van der Waals surface area contributed by atoms with Gasteiger partial charge in [0.15, 0.2) is 0 Å². The van der Waals surface area contributed by atoms with E-state index in [9.17, 15) is 16.8 Å². The van der Waals surface area contributed by atoms with Gasteiger partial charge in [-0.2, -0.15) is 0 Å². The molecule has 2 aromatic carbocycles. The Morgan fingerprint density at radius 1 is 0.938 bits per heavy atom. The summed E-state index contributed by atoms with van der Waals surface area (Å²) in [6.45, 7) is 0.335. The Kier molecular flexibility index (Phi) is 7.99. The number of thioether (sulfide) groups is 1. The van der Waals surface area contributed by atoms with Crippen molar-refractivity contribution >= 4 is 31.4 Å². The predicted octanol–water partition coefficient (Wildman–Crippen LogP) is 3.04. The second kappa shape index (κ2) is 10.7. The lowest BCUT2D eigenvalue weighted by Gasteiger charge is -2.18. The summed E-state index contributed by atoms with van der Waals surface area (Å²) in [7, 11) is -7.24. The minimum Gasteiger partial charge on any atom is -0.440 e. The van der Waals surface area contributed by atoms with Gasteiger partial charge in [-0.25, -0.2) is 21.8 Å². The van der Waals surface area contributed by atoms with E-state index in [1.54, 1.807) is 42.6 Å². The molecule has 170 valence electrons. The first-order valence-electron chi connectivity index (χ1n) is 9.66. The number of oxazole rings is 1. The molecule has 0 radical (unpaired) electrons. The van der Waals surface area contributed by atoms with Crippen molar-refractivity contribution in [2.24, 2.45) is 0 Å². The molecular weight excluding hydrogens is 470 g/mol. The van der Waals surface area contributed by atoms with Crippen molar-refractivity contribution in [1.29, 1.82) is 0 Å². The minimum absolute atomic E-state index is 0.0844. The maximum atomic E-state index is 13.5. The molecular formula is C21H23N3O5S3. The van der Waals surface area contributed by atoms with Crippen molar-refractivity contribution in [2.75, 3.05) is 19.3 Å². The van der Waals surface area contributed by atoms with E-state index in [1.165, 1.54) is 49.3 Å². The summed E-state index contributed by atoms with van der Waals surface area (Å²) in [5.41, 5.74) is 0. The zero-order chi connectivity index (χ0) is 23.0. The first-order valence-corrected chi connectivity index (χ1v) is 13.6. The van der Waals surface area contributed by atoms with Gasteiger partial charge < -0.3 is 15.1 Å². The first-order chi connectivity index (χ1) is 15.4. The smallest absolute Gasteiger partial charge is 0.255 e. The van der Waals surface area contributed by atoms with Crippen molar-refractivity contribution in [3.05, 3.63) is 83.2 Å². The zero-order valence-corrected chi connectivity index (χ0v) is 19.7. The lowest BCUT2D eigenvalue weighted by molar-refractivity contribution is 0.454. The Morgan fingerprint density at radius 2 is 1.50 bits per heavy atom. The summed E-state index contributed by atoms with van der Waals surface area (Å²) in [4.78, 5) is 3.80. The molecule has 2 N–H and O–H groups in total. The van der Waals surface area contributed by atoms with Crippen molar-refractivity contribution in [2.45, 2.75) is 21.4 Å². The van der Waals surface area contributed by atoms with Gasteiger partial charge in [0.2, 0.25) is 23.9 Å². The molecule has 1 aromatic heterocycles. The number of hydrogen-bond donors (Lipinski definition) is 2. The maximum Gasteiger partial charge on any atom is 0.255 e. The summed E-state index contributed by atoms with van der Waals surface area (Å²) in [6.07, 6.45) is 3.65. The largest absolute Gasteiger partial charge is 0.440 e. The zero-order valence-electron chi connectivity index (χ0n) is 17.3. The minimum atomic E-state index is -4.36. The van der Waals surface area contributed by atoms with E-state index in [2.05, 4.69) is 15.6 Å². The van der Waals surface area contributed by atoms with Crippen molar-refractivity contribution in [1.82, 2.24) is 15.6 Å². The molecule has 0 aliphatic carbocycles. The first kappa shape index (κ1) is 23.9. The number of aromatic nitrogens is 1. The quantitative estimate of drug-likeness (QED) is 0.307. The van der Waals surface area contributed by atoms with Crippen molar-refractivity contribution in [3.63, 3.8) is 0 Å². The summed E-state index contributed by atoms with van der Waals surface area (Å²) >= 11 is 1.41. The average molecular weight is 494 g/mol. The molecule has 11 heteroatoms. The standard InChI is InChI=1S/C21H23N3O5S3/c1-22-19(23-13-8-16-30-21-24-14-15-29-21)20(31(25,26)17-9-4-2-5-10-17)32(27,28)18-11-6-3-7-12-18/h2-7,9-12,14-15,22-23H,8,13,16H2,1H3. The van der Waals surface area contributed by atoms with E-state index in [0.29, 0.717) is 23.9 Å². The van der Waals surface area contributed by atoms with E-state index >= 15 is 0 Å². The molecule has 0 saturated heterocycles. The molecule has 0 saturated carbocycles. The molecule has 3 rings (SSSR count). The van der Waals surface area contributed by atoms with Crippen LogP contribution in [0, 0.1) is 0 Å². The Hall–Kier alpha value is -2.76. The normalized spacial score (nSPS) is 11.7. The molecule has 0 fully saturated rings. The lowest BCUT2D eigenvalue weighted by atomic mass is 10.4. The average Bonchev–Trinajstić information content (AvgIpc) is 3.32. The van der Waals surface area contributed by atoms with E-state index in [4.69, 9.17) is 4.42 Å². The van der Waals surface area contributed by atoms with E-state index in [-0.39, 0.29) is 15.6 Å². The predicted molar refractivity (Wildman–Crippen MR) is 123 cm³/mol. The van der Waals surface area contributed by atoms with Crippen LogP contribution >= 0.6 is 11.8 Å². The Bertz CT molecular complexity index is 1170. The SMILES string of the molecule is CNC(NCCCSc1ncco1)=C(S(=O)(=O)c1ccccc1)S(=O)(=O)c1ccccc1. The molecule has 0 bridgehead atoms. The highest BCUT2D eigenvalue weighted by atomic mass is 32.3. The second-order valence-electron chi connectivity index (χ2n) is 6.47. The van der Waals surface area contributed by atoms with E-state index < -0.39 is 23.9 Å². The van der Waals surface area contributed by atoms with Gasteiger partial charge in [0.25, 0.3) is 5.22 Å². The van der Waals surface area contributed by atoms with Crippen LogP contribution in [0.4, 0.5) is 0 Å². The molecule has 0 amide bonds. The van der Waals surface area contributed by atoms with E-state index in [0.717, 1.165) is 0 Å². The number of nitrogens with one attached hydrogen (secondary N) is 2. The van der Waals surface area contributed by atoms with Crippen molar-refractivity contribution in [3.8, 4) is 0 Å².